The second kappa shape index (κ2) is 7.02. The van der Waals surface area contributed by atoms with E-state index in [0.29, 0.717) is 37.0 Å². The minimum atomic E-state index is -0.693. The second-order valence-corrected chi connectivity index (χ2v) is 10.1. The van der Waals surface area contributed by atoms with Crippen molar-refractivity contribution in [1.29, 1.82) is 0 Å². The lowest BCUT2D eigenvalue weighted by molar-refractivity contribution is -0.124. The highest BCUT2D eigenvalue weighted by atomic mass is 32.1. The van der Waals surface area contributed by atoms with E-state index in [-0.39, 0.29) is 24.3 Å². The Bertz CT molecular complexity index is 803. The molecule has 8 nitrogen and oxygen atoms in total. The minimum absolute atomic E-state index is 0.185. The molecule has 3 heterocycles. The number of aromatic nitrogens is 1. The molecule has 3 amide bonds. The van der Waals surface area contributed by atoms with Crippen molar-refractivity contribution in [2.45, 2.75) is 53.6 Å². The van der Waals surface area contributed by atoms with Gasteiger partial charge in [-0.15, -0.1) is 0 Å². The Labute approximate surface area is 169 Å². The Balaban J connectivity index is 1.76. The number of amides is 3. The van der Waals surface area contributed by atoms with E-state index in [9.17, 15) is 14.4 Å². The normalized spacial score (nSPS) is 20.1. The Hall–Kier alpha value is -2.16. The average Bonchev–Trinajstić information content (AvgIpc) is 3.03. The number of nitrogens with zero attached hydrogens (tertiary/aromatic N) is 4. The zero-order valence-electron chi connectivity index (χ0n) is 17.4. The summed E-state index contributed by atoms with van der Waals surface area (Å²) in [6, 6.07) is 0. The molecule has 1 aromatic rings. The first-order chi connectivity index (χ1) is 12.9. The molecule has 2 saturated heterocycles. The van der Waals surface area contributed by atoms with E-state index in [1.807, 2.05) is 32.6 Å². The number of thiazole rings is 1. The van der Waals surface area contributed by atoms with E-state index >= 15 is 0 Å². The number of anilines is 2. The molecule has 1 aromatic heterocycles. The fourth-order valence-electron chi connectivity index (χ4n) is 3.34. The number of hydrogen-bond acceptors (Lipinski definition) is 7. The number of carbonyl (C=O) groups excluding carboxylic acids is 3. The molecule has 0 aliphatic carbocycles. The zero-order valence-corrected chi connectivity index (χ0v) is 18.2. The Kier molecular flexibility index (Phi) is 5.16. The van der Waals surface area contributed by atoms with Gasteiger partial charge in [0.15, 0.2) is 5.82 Å². The third-order valence-corrected chi connectivity index (χ3v) is 5.70. The summed E-state index contributed by atoms with van der Waals surface area (Å²) in [6.45, 7) is 13.1. The van der Waals surface area contributed by atoms with Gasteiger partial charge < -0.3 is 14.5 Å². The summed E-state index contributed by atoms with van der Waals surface area (Å²) in [5.74, 6) is 0.271. The molecule has 0 aromatic carbocycles. The van der Waals surface area contributed by atoms with E-state index in [4.69, 9.17) is 4.74 Å². The molecule has 0 unspecified atom stereocenters. The van der Waals surface area contributed by atoms with Crippen molar-refractivity contribution in [3.05, 3.63) is 5.01 Å². The molecule has 3 rings (SSSR count). The van der Waals surface area contributed by atoms with Gasteiger partial charge >= 0.3 is 6.09 Å². The van der Waals surface area contributed by atoms with Crippen LogP contribution in [-0.2, 0) is 14.3 Å². The highest BCUT2D eigenvalue weighted by molar-refractivity contribution is 7.16. The predicted molar refractivity (Wildman–Crippen MR) is 108 cm³/mol. The number of aryl methyl sites for hydroxylation is 1. The Morgan fingerprint density at radius 2 is 1.75 bits per heavy atom. The summed E-state index contributed by atoms with van der Waals surface area (Å²) in [5.41, 5.74) is -1.22. The number of hydrogen-bond donors (Lipinski definition) is 0. The van der Waals surface area contributed by atoms with Crippen LogP contribution in [0.15, 0.2) is 0 Å². The van der Waals surface area contributed by atoms with Gasteiger partial charge in [-0.3, -0.25) is 9.59 Å². The summed E-state index contributed by atoms with van der Waals surface area (Å²) in [4.78, 5) is 47.1. The Morgan fingerprint density at radius 3 is 2.25 bits per heavy atom. The first-order valence-electron chi connectivity index (χ1n) is 9.47. The fraction of sp³-hybridized carbons (Fsp3) is 0.684. The van der Waals surface area contributed by atoms with Gasteiger partial charge in [0.05, 0.1) is 10.4 Å². The molecule has 2 aliphatic heterocycles. The van der Waals surface area contributed by atoms with Crippen molar-refractivity contribution < 1.29 is 19.1 Å². The molecule has 0 radical (unpaired) electrons. The summed E-state index contributed by atoms with van der Waals surface area (Å²) in [7, 11) is 0. The van der Waals surface area contributed by atoms with E-state index in [1.54, 1.807) is 18.7 Å². The van der Waals surface area contributed by atoms with E-state index in [0.717, 1.165) is 5.01 Å². The van der Waals surface area contributed by atoms with Crippen molar-refractivity contribution >= 4 is 40.1 Å². The number of carbonyl (C=O) groups is 3. The largest absolute Gasteiger partial charge is 0.444 e. The molecule has 28 heavy (non-hydrogen) atoms. The highest BCUT2D eigenvalue weighted by Gasteiger charge is 2.47. The highest BCUT2D eigenvalue weighted by Crippen LogP contribution is 2.42. The molecule has 9 heteroatoms. The van der Waals surface area contributed by atoms with Gasteiger partial charge in [-0.2, -0.15) is 0 Å². The molecule has 0 atom stereocenters. The van der Waals surface area contributed by atoms with Crippen molar-refractivity contribution in [1.82, 2.24) is 9.88 Å². The van der Waals surface area contributed by atoms with Crippen molar-refractivity contribution in [3.8, 4) is 0 Å². The number of piperazine rings is 1. The third-order valence-electron chi connectivity index (χ3n) is 4.76. The third kappa shape index (κ3) is 3.99. The maximum atomic E-state index is 12.8. The first kappa shape index (κ1) is 20.6. The van der Waals surface area contributed by atoms with Crippen molar-refractivity contribution in [2.24, 2.45) is 5.41 Å². The lowest BCUT2D eigenvalue weighted by atomic mass is 9.92. The molecule has 2 aliphatic rings. The lowest BCUT2D eigenvalue weighted by Gasteiger charge is -2.36. The SMILES string of the molecule is Cc1nc(N2CCN(C(=O)OC(C)(C)C)CC2)c(N2C(=O)CC(C)(C)C2=O)s1. The van der Waals surface area contributed by atoms with Gasteiger partial charge in [-0.05, 0) is 27.7 Å². The van der Waals surface area contributed by atoms with Crippen LogP contribution in [0.3, 0.4) is 0 Å². The molecule has 2 fully saturated rings. The standard InChI is InChI=1S/C19H28N4O4S/c1-12-20-14(15(28-12)23-13(24)11-19(5,6)16(23)25)21-7-9-22(10-8-21)17(26)27-18(2,3)4/h7-11H2,1-6H3. The Morgan fingerprint density at radius 1 is 1.14 bits per heavy atom. The van der Waals surface area contributed by atoms with Crippen LogP contribution in [0.1, 0.15) is 46.0 Å². The summed E-state index contributed by atoms with van der Waals surface area (Å²) in [6.07, 6.45) is -0.122. The maximum absolute atomic E-state index is 12.8. The summed E-state index contributed by atoms with van der Waals surface area (Å²) >= 11 is 1.35. The van der Waals surface area contributed by atoms with Gasteiger partial charge in [0.2, 0.25) is 11.8 Å². The molecule has 0 bridgehead atoms. The van der Waals surface area contributed by atoms with Crippen LogP contribution >= 0.6 is 11.3 Å². The molecular weight excluding hydrogens is 380 g/mol. The summed E-state index contributed by atoms with van der Waals surface area (Å²) in [5, 5.41) is 1.38. The minimum Gasteiger partial charge on any atom is -0.444 e. The molecule has 0 spiro atoms. The zero-order chi connectivity index (χ0) is 20.9. The summed E-state index contributed by atoms with van der Waals surface area (Å²) < 4.78 is 5.44. The van der Waals surface area contributed by atoms with E-state index in [2.05, 4.69) is 4.98 Å². The van der Waals surface area contributed by atoms with Gasteiger partial charge in [0.25, 0.3) is 0 Å². The van der Waals surface area contributed by atoms with Crippen LogP contribution in [0, 0.1) is 12.3 Å². The maximum Gasteiger partial charge on any atom is 0.410 e. The smallest absolute Gasteiger partial charge is 0.410 e. The molecule has 154 valence electrons. The van der Waals surface area contributed by atoms with Crippen LogP contribution in [0.4, 0.5) is 15.6 Å². The van der Waals surface area contributed by atoms with Gasteiger partial charge in [0, 0.05) is 32.6 Å². The number of ether oxygens (including phenoxy) is 1. The van der Waals surface area contributed by atoms with Crippen LogP contribution in [0.5, 0.6) is 0 Å². The number of imide groups is 1. The fourth-order valence-corrected chi connectivity index (χ4v) is 4.29. The van der Waals surface area contributed by atoms with Crippen molar-refractivity contribution in [3.63, 3.8) is 0 Å². The van der Waals surface area contributed by atoms with E-state index < -0.39 is 11.0 Å². The number of rotatable bonds is 2. The molecular formula is C19H28N4O4S. The molecule has 0 saturated carbocycles. The first-order valence-corrected chi connectivity index (χ1v) is 10.3. The lowest BCUT2D eigenvalue weighted by Crippen LogP contribution is -2.50. The monoisotopic (exact) mass is 408 g/mol. The van der Waals surface area contributed by atoms with Gasteiger partial charge in [-0.25, -0.2) is 14.7 Å². The quantitative estimate of drug-likeness (QED) is 0.700. The van der Waals surface area contributed by atoms with Crippen LogP contribution < -0.4 is 9.80 Å². The topological polar surface area (TPSA) is 83.1 Å². The van der Waals surface area contributed by atoms with E-state index in [1.165, 1.54) is 16.2 Å². The van der Waals surface area contributed by atoms with Gasteiger partial charge in [0.1, 0.15) is 10.6 Å². The van der Waals surface area contributed by atoms with Crippen LogP contribution in [0.25, 0.3) is 0 Å². The van der Waals surface area contributed by atoms with Crippen molar-refractivity contribution in [2.75, 3.05) is 36.0 Å². The second-order valence-electron chi connectivity index (χ2n) is 8.91. The van der Waals surface area contributed by atoms with Gasteiger partial charge in [-0.1, -0.05) is 25.2 Å². The predicted octanol–water partition coefficient (Wildman–Crippen LogP) is 2.80. The van der Waals surface area contributed by atoms with Crippen LogP contribution in [-0.4, -0.2) is 59.6 Å². The molecule has 0 N–H and O–H groups in total. The average molecular weight is 409 g/mol. The van der Waals surface area contributed by atoms with Crippen LogP contribution in [0.2, 0.25) is 0 Å².